The van der Waals surface area contributed by atoms with E-state index in [-0.39, 0.29) is 22.1 Å². The number of hydrogen-bond acceptors (Lipinski definition) is 5. The molecule has 0 heterocycles. The molecular formula is C14H14O5S. The molecule has 0 aliphatic rings. The minimum absolute atomic E-state index is 0.0193. The monoisotopic (exact) mass is 294 g/mol. The van der Waals surface area contributed by atoms with Gasteiger partial charge in [0, 0.05) is 6.07 Å². The second kappa shape index (κ2) is 5.42. The van der Waals surface area contributed by atoms with Crippen LogP contribution in [-0.4, -0.2) is 20.6 Å². The Bertz CT molecular complexity index is 705. The summed E-state index contributed by atoms with van der Waals surface area (Å²) >= 11 is 0. The van der Waals surface area contributed by atoms with Gasteiger partial charge in [0.2, 0.25) is 0 Å². The maximum absolute atomic E-state index is 12.1. The number of methoxy groups -OCH3 is 1. The molecule has 0 radical (unpaired) electrons. The van der Waals surface area contributed by atoms with Crippen LogP contribution in [0.1, 0.15) is 5.56 Å². The lowest BCUT2D eigenvalue weighted by molar-refractivity contribution is 0.385. The zero-order chi connectivity index (χ0) is 14.8. The summed E-state index contributed by atoms with van der Waals surface area (Å²) in [6, 6.07) is 10.2. The van der Waals surface area contributed by atoms with Crippen LogP contribution in [0.15, 0.2) is 47.4 Å². The van der Waals surface area contributed by atoms with E-state index in [0.29, 0.717) is 0 Å². The summed E-state index contributed by atoms with van der Waals surface area (Å²) in [5.41, 5.74) is 0.950. The quantitative estimate of drug-likeness (QED) is 0.877. The fourth-order valence-corrected chi connectivity index (χ4v) is 2.54. The Hall–Kier alpha value is -2.21. The van der Waals surface area contributed by atoms with Gasteiger partial charge in [0.25, 0.3) is 0 Å². The Morgan fingerprint density at radius 2 is 1.65 bits per heavy atom. The summed E-state index contributed by atoms with van der Waals surface area (Å²) < 4.78 is 34.3. The van der Waals surface area contributed by atoms with Crippen LogP contribution >= 0.6 is 0 Å². The van der Waals surface area contributed by atoms with Crippen LogP contribution < -0.4 is 8.92 Å². The molecule has 1 N–H and O–H groups in total. The van der Waals surface area contributed by atoms with Gasteiger partial charge in [0.1, 0.15) is 10.6 Å². The lowest BCUT2D eigenvalue weighted by atomic mass is 10.2. The molecule has 2 aromatic carbocycles. The van der Waals surface area contributed by atoms with Crippen LogP contribution in [0.5, 0.6) is 17.2 Å². The maximum atomic E-state index is 12.1. The first-order valence-corrected chi connectivity index (χ1v) is 7.21. The molecule has 0 saturated carbocycles. The van der Waals surface area contributed by atoms with Gasteiger partial charge in [-0.1, -0.05) is 17.7 Å². The normalized spacial score (nSPS) is 11.1. The van der Waals surface area contributed by atoms with Crippen LogP contribution in [0.4, 0.5) is 0 Å². The van der Waals surface area contributed by atoms with Crippen molar-refractivity contribution >= 4 is 10.1 Å². The molecule has 20 heavy (non-hydrogen) atoms. The van der Waals surface area contributed by atoms with Crippen molar-refractivity contribution < 1.29 is 22.4 Å². The minimum Gasteiger partial charge on any atom is -0.508 e. The first-order valence-electron chi connectivity index (χ1n) is 5.80. The van der Waals surface area contributed by atoms with Gasteiger partial charge < -0.3 is 14.0 Å². The van der Waals surface area contributed by atoms with E-state index < -0.39 is 10.1 Å². The summed E-state index contributed by atoms with van der Waals surface area (Å²) in [4.78, 5) is 0.0539. The molecule has 0 fully saturated rings. The number of phenols is 1. The number of benzene rings is 2. The van der Waals surface area contributed by atoms with Crippen LogP contribution in [0, 0.1) is 6.92 Å². The van der Waals surface area contributed by atoms with E-state index in [0.717, 1.165) is 5.56 Å². The average molecular weight is 294 g/mol. The fourth-order valence-electron chi connectivity index (χ4n) is 1.60. The number of hydrogen-bond donors (Lipinski definition) is 1. The molecule has 0 bridgehead atoms. The zero-order valence-electron chi connectivity index (χ0n) is 11.0. The van der Waals surface area contributed by atoms with E-state index in [1.165, 1.54) is 37.4 Å². The Morgan fingerprint density at radius 1 is 1.00 bits per heavy atom. The topological polar surface area (TPSA) is 72.8 Å². The minimum atomic E-state index is -3.94. The van der Waals surface area contributed by atoms with E-state index in [9.17, 15) is 13.5 Å². The molecule has 0 saturated heterocycles. The first kappa shape index (κ1) is 14.2. The SMILES string of the molecule is COc1cc(O)ccc1OS(=O)(=O)c1ccc(C)cc1. The van der Waals surface area contributed by atoms with Crippen molar-refractivity contribution in [2.75, 3.05) is 7.11 Å². The molecule has 0 amide bonds. The van der Waals surface area contributed by atoms with Gasteiger partial charge in [-0.25, -0.2) is 0 Å². The summed E-state index contributed by atoms with van der Waals surface area (Å²) in [6.45, 7) is 1.86. The zero-order valence-corrected chi connectivity index (χ0v) is 11.8. The van der Waals surface area contributed by atoms with Crippen molar-refractivity contribution in [1.82, 2.24) is 0 Å². The Morgan fingerprint density at radius 3 is 2.25 bits per heavy atom. The number of phenolic OH excluding ortho intramolecular Hbond substituents is 1. The second-order valence-corrected chi connectivity index (χ2v) is 5.73. The third-order valence-electron chi connectivity index (χ3n) is 2.66. The number of aryl methyl sites for hydroxylation is 1. The van der Waals surface area contributed by atoms with Crippen molar-refractivity contribution in [2.24, 2.45) is 0 Å². The molecule has 6 heteroatoms. The highest BCUT2D eigenvalue weighted by Gasteiger charge is 2.19. The molecule has 2 aromatic rings. The maximum Gasteiger partial charge on any atom is 0.339 e. The van der Waals surface area contributed by atoms with Gasteiger partial charge in [0.15, 0.2) is 11.5 Å². The lowest BCUT2D eigenvalue weighted by Crippen LogP contribution is -2.10. The van der Waals surface area contributed by atoms with E-state index in [4.69, 9.17) is 8.92 Å². The smallest absolute Gasteiger partial charge is 0.339 e. The third kappa shape index (κ3) is 3.03. The highest BCUT2D eigenvalue weighted by atomic mass is 32.2. The van der Waals surface area contributed by atoms with Gasteiger partial charge in [-0.2, -0.15) is 8.42 Å². The molecular weight excluding hydrogens is 280 g/mol. The highest BCUT2D eigenvalue weighted by molar-refractivity contribution is 7.87. The van der Waals surface area contributed by atoms with Gasteiger partial charge in [-0.15, -0.1) is 0 Å². The number of rotatable bonds is 4. The summed E-state index contributed by atoms with van der Waals surface area (Å²) in [7, 11) is -2.58. The Balaban J connectivity index is 2.35. The molecule has 2 rings (SSSR count). The van der Waals surface area contributed by atoms with Crippen LogP contribution in [-0.2, 0) is 10.1 Å². The molecule has 0 atom stereocenters. The van der Waals surface area contributed by atoms with Gasteiger partial charge in [-0.05, 0) is 31.2 Å². The standard InChI is InChI=1S/C14H14O5S/c1-10-3-6-12(7-4-10)20(16,17)19-13-8-5-11(15)9-14(13)18-2/h3-9,15H,1-2H3. The second-order valence-electron chi connectivity index (χ2n) is 4.19. The Labute approximate surface area is 117 Å². The Kier molecular flexibility index (Phi) is 3.85. The van der Waals surface area contributed by atoms with E-state index in [1.54, 1.807) is 12.1 Å². The summed E-state index contributed by atoms with van der Waals surface area (Å²) in [5, 5.41) is 9.33. The van der Waals surface area contributed by atoms with Crippen LogP contribution in [0.3, 0.4) is 0 Å². The van der Waals surface area contributed by atoms with E-state index >= 15 is 0 Å². The van der Waals surface area contributed by atoms with E-state index in [2.05, 4.69) is 0 Å². The van der Waals surface area contributed by atoms with Crippen LogP contribution in [0.2, 0.25) is 0 Å². The molecule has 0 aromatic heterocycles. The largest absolute Gasteiger partial charge is 0.508 e. The van der Waals surface area contributed by atoms with Gasteiger partial charge >= 0.3 is 10.1 Å². The number of aromatic hydroxyl groups is 1. The first-order chi connectivity index (χ1) is 9.42. The molecule has 0 aliphatic carbocycles. The molecule has 0 unspecified atom stereocenters. The predicted molar refractivity (Wildman–Crippen MR) is 73.7 cm³/mol. The van der Waals surface area contributed by atoms with E-state index in [1.807, 2.05) is 6.92 Å². The summed E-state index contributed by atoms with van der Waals surface area (Å²) in [5.74, 6) is 0.119. The van der Waals surface area contributed by atoms with Gasteiger partial charge in [-0.3, -0.25) is 0 Å². The predicted octanol–water partition coefficient (Wildman–Crippen LogP) is 2.48. The van der Waals surface area contributed by atoms with Crippen molar-refractivity contribution in [2.45, 2.75) is 11.8 Å². The third-order valence-corrected chi connectivity index (χ3v) is 3.90. The lowest BCUT2D eigenvalue weighted by Gasteiger charge is -2.11. The summed E-state index contributed by atoms with van der Waals surface area (Å²) in [6.07, 6.45) is 0. The van der Waals surface area contributed by atoms with Crippen LogP contribution in [0.25, 0.3) is 0 Å². The molecule has 5 nitrogen and oxygen atoms in total. The average Bonchev–Trinajstić information content (AvgIpc) is 2.41. The highest BCUT2D eigenvalue weighted by Crippen LogP contribution is 2.32. The van der Waals surface area contributed by atoms with Crippen molar-refractivity contribution in [3.63, 3.8) is 0 Å². The fraction of sp³-hybridized carbons (Fsp3) is 0.143. The van der Waals surface area contributed by atoms with Gasteiger partial charge in [0.05, 0.1) is 7.11 Å². The molecule has 0 aliphatic heterocycles. The van der Waals surface area contributed by atoms with Crippen molar-refractivity contribution in [3.05, 3.63) is 48.0 Å². The van der Waals surface area contributed by atoms with Crippen molar-refractivity contribution in [1.29, 1.82) is 0 Å². The molecule has 0 spiro atoms. The number of ether oxygens (including phenoxy) is 1. The molecule has 106 valence electrons. The van der Waals surface area contributed by atoms with Crippen molar-refractivity contribution in [3.8, 4) is 17.2 Å².